The van der Waals surface area contributed by atoms with E-state index in [1.54, 1.807) is 0 Å². The van der Waals surface area contributed by atoms with Crippen LogP contribution in [0, 0.1) is 6.92 Å². The van der Waals surface area contributed by atoms with Gasteiger partial charge in [-0.2, -0.15) is 4.98 Å². The van der Waals surface area contributed by atoms with E-state index in [4.69, 9.17) is 15.0 Å². The average molecular weight is 261 g/mol. The van der Waals surface area contributed by atoms with Gasteiger partial charge in [-0.25, -0.2) is 0 Å². The zero-order chi connectivity index (χ0) is 13.7. The Bertz CT molecular complexity index is 537. The van der Waals surface area contributed by atoms with E-state index in [2.05, 4.69) is 10.1 Å². The Morgan fingerprint density at radius 3 is 2.89 bits per heavy atom. The van der Waals surface area contributed by atoms with Gasteiger partial charge in [-0.3, -0.25) is 0 Å². The molecule has 2 rings (SSSR count). The zero-order valence-corrected chi connectivity index (χ0v) is 11.3. The summed E-state index contributed by atoms with van der Waals surface area (Å²) in [5, 5.41) is 3.87. The molecule has 0 unspecified atom stereocenters. The van der Waals surface area contributed by atoms with Crippen LogP contribution in [0.1, 0.15) is 29.8 Å². The van der Waals surface area contributed by atoms with Crippen LogP contribution in [-0.4, -0.2) is 16.7 Å². The van der Waals surface area contributed by atoms with Crippen molar-refractivity contribution >= 4 is 0 Å². The largest absolute Gasteiger partial charge is 0.485 e. The molecule has 0 aliphatic heterocycles. The van der Waals surface area contributed by atoms with Crippen molar-refractivity contribution in [3.05, 3.63) is 41.0 Å². The van der Waals surface area contributed by atoms with Crippen LogP contribution in [0.5, 0.6) is 5.75 Å². The molecule has 0 radical (unpaired) electrons. The number of para-hydroxylation sites is 1. The topological polar surface area (TPSA) is 74.2 Å². The van der Waals surface area contributed by atoms with Crippen molar-refractivity contribution in [1.82, 2.24) is 10.1 Å². The van der Waals surface area contributed by atoms with E-state index in [-0.39, 0.29) is 0 Å². The monoisotopic (exact) mass is 261 g/mol. The second kappa shape index (κ2) is 6.33. The Kier molecular flexibility index (Phi) is 4.52. The number of aromatic nitrogens is 2. The van der Waals surface area contributed by atoms with Crippen LogP contribution in [0.25, 0.3) is 0 Å². The first kappa shape index (κ1) is 13.5. The first-order chi connectivity index (χ1) is 9.24. The molecule has 5 heteroatoms. The molecule has 0 aliphatic carbocycles. The van der Waals surface area contributed by atoms with Crippen LogP contribution in [0.2, 0.25) is 0 Å². The molecule has 1 heterocycles. The highest BCUT2D eigenvalue weighted by atomic mass is 16.5. The minimum Gasteiger partial charge on any atom is -0.485 e. The van der Waals surface area contributed by atoms with E-state index in [0.717, 1.165) is 29.7 Å². The zero-order valence-electron chi connectivity index (χ0n) is 11.3. The summed E-state index contributed by atoms with van der Waals surface area (Å²) in [6.07, 6.45) is 1.53. The fourth-order valence-corrected chi connectivity index (χ4v) is 1.90. The van der Waals surface area contributed by atoms with Crippen molar-refractivity contribution in [1.29, 1.82) is 0 Å². The van der Waals surface area contributed by atoms with Crippen LogP contribution >= 0.6 is 0 Å². The molecule has 2 N–H and O–H groups in total. The molecule has 0 amide bonds. The van der Waals surface area contributed by atoms with E-state index >= 15 is 0 Å². The minimum absolute atomic E-state index is 0.311. The van der Waals surface area contributed by atoms with Crippen molar-refractivity contribution in [2.24, 2.45) is 5.73 Å². The van der Waals surface area contributed by atoms with Gasteiger partial charge in [0.15, 0.2) is 6.61 Å². The summed E-state index contributed by atoms with van der Waals surface area (Å²) in [7, 11) is 0. The quantitative estimate of drug-likeness (QED) is 0.861. The molecule has 1 aromatic heterocycles. The van der Waals surface area contributed by atoms with Crippen LogP contribution in [-0.2, 0) is 19.4 Å². The lowest BCUT2D eigenvalue weighted by molar-refractivity contribution is 0.281. The van der Waals surface area contributed by atoms with E-state index in [0.29, 0.717) is 24.9 Å². The average Bonchev–Trinajstić information content (AvgIpc) is 2.86. The predicted octanol–water partition coefficient (Wildman–Crippen LogP) is 2.02. The van der Waals surface area contributed by atoms with Crippen molar-refractivity contribution in [3.8, 4) is 5.75 Å². The van der Waals surface area contributed by atoms with Gasteiger partial charge >= 0.3 is 0 Å². The number of nitrogens with two attached hydrogens (primary N) is 1. The SMILES string of the molecule is CCc1nc(COc2c(C)cccc2CCN)no1. The lowest BCUT2D eigenvalue weighted by atomic mass is 10.1. The van der Waals surface area contributed by atoms with E-state index < -0.39 is 0 Å². The standard InChI is InChI=1S/C14H19N3O2/c1-3-13-16-12(17-19-13)9-18-14-10(2)5-4-6-11(14)7-8-15/h4-6H,3,7-9,15H2,1-2H3. The fraction of sp³-hybridized carbons (Fsp3) is 0.429. The molecule has 2 aromatic rings. The van der Waals surface area contributed by atoms with Gasteiger partial charge in [-0.1, -0.05) is 30.3 Å². The molecule has 0 spiro atoms. The second-order valence-electron chi connectivity index (χ2n) is 4.35. The molecule has 5 nitrogen and oxygen atoms in total. The van der Waals surface area contributed by atoms with Crippen molar-refractivity contribution < 1.29 is 9.26 Å². The van der Waals surface area contributed by atoms with Crippen LogP contribution in [0.3, 0.4) is 0 Å². The lowest BCUT2D eigenvalue weighted by Crippen LogP contribution is -2.07. The molecule has 102 valence electrons. The maximum Gasteiger partial charge on any atom is 0.226 e. The number of nitrogens with zero attached hydrogens (tertiary/aromatic N) is 2. The van der Waals surface area contributed by atoms with Crippen LogP contribution in [0.4, 0.5) is 0 Å². The molecule has 0 saturated carbocycles. The van der Waals surface area contributed by atoms with Crippen LogP contribution < -0.4 is 10.5 Å². The van der Waals surface area contributed by atoms with E-state index in [1.807, 2.05) is 32.0 Å². The first-order valence-corrected chi connectivity index (χ1v) is 6.47. The van der Waals surface area contributed by atoms with Crippen molar-refractivity contribution in [3.63, 3.8) is 0 Å². The summed E-state index contributed by atoms with van der Waals surface area (Å²) in [6, 6.07) is 6.06. The van der Waals surface area contributed by atoms with Gasteiger partial charge in [0.2, 0.25) is 11.7 Å². The predicted molar refractivity (Wildman–Crippen MR) is 71.9 cm³/mol. The van der Waals surface area contributed by atoms with Gasteiger partial charge in [0, 0.05) is 6.42 Å². The Morgan fingerprint density at radius 1 is 1.37 bits per heavy atom. The summed E-state index contributed by atoms with van der Waals surface area (Å²) in [5.74, 6) is 2.07. The third kappa shape index (κ3) is 3.32. The maximum absolute atomic E-state index is 5.82. The number of aryl methyl sites for hydroxylation is 2. The second-order valence-corrected chi connectivity index (χ2v) is 4.35. The summed E-state index contributed by atoms with van der Waals surface area (Å²) in [4.78, 5) is 4.22. The molecule has 0 atom stereocenters. The summed E-state index contributed by atoms with van der Waals surface area (Å²) in [6.45, 7) is 4.90. The molecule has 0 saturated heterocycles. The first-order valence-electron chi connectivity index (χ1n) is 6.47. The molecule has 0 bridgehead atoms. The Hall–Kier alpha value is -1.88. The minimum atomic E-state index is 0.311. The Morgan fingerprint density at radius 2 is 2.21 bits per heavy atom. The van der Waals surface area contributed by atoms with Gasteiger partial charge < -0.3 is 15.0 Å². The Labute approximate surface area is 112 Å². The summed E-state index contributed by atoms with van der Waals surface area (Å²) >= 11 is 0. The molecule has 0 aliphatic rings. The number of ether oxygens (including phenoxy) is 1. The third-order valence-corrected chi connectivity index (χ3v) is 2.87. The molecular formula is C14H19N3O2. The summed E-state index contributed by atoms with van der Waals surface area (Å²) in [5.41, 5.74) is 7.81. The fourth-order valence-electron chi connectivity index (χ4n) is 1.90. The van der Waals surface area contributed by atoms with E-state index in [9.17, 15) is 0 Å². The molecule has 19 heavy (non-hydrogen) atoms. The molecule has 0 fully saturated rings. The number of hydrogen-bond donors (Lipinski definition) is 1. The van der Waals surface area contributed by atoms with Gasteiger partial charge in [0.25, 0.3) is 0 Å². The molecular weight excluding hydrogens is 242 g/mol. The molecule has 1 aromatic carbocycles. The van der Waals surface area contributed by atoms with Gasteiger partial charge in [-0.05, 0) is 31.0 Å². The highest BCUT2D eigenvalue weighted by Crippen LogP contribution is 2.24. The van der Waals surface area contributed by atoms with Gasteiger partial charge in [0.05, 0.1) is 0 Å². The van der Waals surface area contributed by atoms with Crippen molar-refractivity contribution in [2.75, 3.05) is 6.54 Å². The third-order valence-electron chi connectivity index (χ3n) is 2.87. The van der Waals surface area contributed by atoms with Crippen molar-refractivity contribution in [2.45, 2.75) is 33.3 Å². The van der Waals surface area contributed by atoms with Gasteiger partial charge in [-0.15, -0.1) is 0 Å². The highest BCUT2D eigenvalue weighted by Gasteiger charge is 2.09. The number of rotatable bonds is 6. The number of hydrogen-bond acceptors (Lipinski definition) is 5. The smallest absolute Gasteiger partial charge is 0.226 e. The van der Waals surface area contributed by atoms with E-state index in [1.165, 1.54) is 0 Å². The Balaban J connectivity index is 2.09. The number of benzene rings is 1. The van der Waals surface area contributed by atoms with Crippen LogP contribution in [0.15, 0.2) is 22.7 Å². The summed E-state index contributed by atoms with van der Waals surface area (Å²) < 4.78 is 10.9. The normalized spacial score (nSPS) is 10.7. The van der Waals surface area contributed by atoms with Gasteiger partial charge in [0.1, 0.15) is 5.75 Å². The highest BCUT2D eigenvalue weighted by molar-refractivity contribution is 5.40. The maximum atomic E-state index is 5.82. The lowest BCUT2D eigenvalue weighted by Gasteiger charge is -2.12.